The van der Waals surface area contributed by atoms with Crippen molar-refractivity contribution >= 4 is 27.8 Å². The summed E-state index contributed by atoms with van der Waals surface area (Å²) in [4.78, 5) is 20.9. The van der Waals surface area contributed by atoms with Crippen LogP contribution >= 0.6 is 0 Å². The number of nitrogens with one attached hydrogen (secondary N) is 1. The van der Waals surface area contributed by atoms with E-state index in [2.05, 4.69) is 4.72 Å². The monoisotopic (exact) mass is 448 g/mol. The molecule has 0 amide bonds. The lowest BCUT2D eigenvalue weighted by atomic mass is 9.83. The lowest BCUT2D eigenvalue weighted by Crippen LogP contribution is -2.43. The molecule has 4 atom stereocenters. The fourth-order valence-corrected chi connectivity index (χ4v) is 5.98. The zero-order valence-corrected chi connectivity index (χ0v) is 18.0. The van der Waals surface area contributed by atoms with Crippen LogP contribution in [0.25, 0.3) is 6.08 Å². The number of carboxylic acids is 1. The summed E-state index contributed by atoms with van der Waals surface area (Å²) < 4.78 is 28.2. The van der Waals surface area contributed by atoms with Crippen molar-refractivity contribution in [3.63, 3.8) is 0 Å². The number of fused-ring (bicyclic) bond motifs is 2. The maximum absolute atomic E-state index is 12.7. The second-order valence-electron chi connectivity index (χ2n) is 8.33. The van der Waals surface area contributed by atoms with Crippen molar-refractivity contribution in [1.29, 1.82) is 0 Å². The molecule has 0 aromatic heterocycles. The van der Waals surface area contributed by atoms with Crippen molar-refractivity contribution in [3.05, 3.63) is 57.5 Å². The number of rotatable bonds is 11. The maximum Gasteiger partial charge on any atom is 0.303 e. The van der Waals surface area contributed by atoms with Gasteiger partial charge in [0.25, 0.3) is 5.69 Å². The normalized spacial score (nSPS) is 25.5. The summed E-state index contributed by atoms with van der Waals surface area (Å²) in [5.41, 5.74) is 0.365. The molecule has 0 aliphatic heterocycles. The Morgan fingerprint density at radius 1 is 1.26 bits per heavy atom. The van der Waals surface area contributed by atoms with E-state index < -0.39 is 20.9 Å². The van der Waals surface area contributed by atoms with Gasteiger partial charge in [-0.1, -0.05) is 24.3 Å². The third kappa shape index (κ3) is 6.48. The summed E-state index contributed by atoms with van der Waals surface area (Å²) >= 11 is 0. The Hall–Kier alpha value is -2.52. The highest BCUT2D eigenvalue weighted by atomic mass is 32.2. The molecular formula is C22H28N2O6S. The highest BCUT2D eigenvalue weighted by molar-refractivity contribution is 7.92. The number of carboxylic acid groups (broad SMARTS) is 1. The van der Waals surface area contributed by atoms with E-state index in [0.717, 1.165) is 31.1 Å². The van der Waals surface area contributed by atoms with Crippen LogP contribution in [0.1, 0.15) is 50.5 Å². The fourth-order valence-electron chi connectivity index (χ4n) is 4.81. The Bertz CT molecular complexity index is 972. The molecule has 2 bridgehead atoms. The number of nitro groups is 1. The Morgan fingerprint density at radius 2 is 2.03 bits per heavy atom. The Kier molecular flexibility index (Phi) is 7.61. The smallest absolute Gasteiger partial charge is 0.303 e. The van der Waals surface area contributed by atoms with Crippen LogP contribution in [-0.4, -0.2) is 30.5 Å². The molecule has 1 aromatic carbocycles. The third-order valence-corrected chi connectivity index (χ3v) is 7.34. The summed E-state index contributed by atoms with van der Waals surface area (Å²) in [6.07, 6.45) is 10.8. The summed E-state index contributed by atoms with van der Waals surface area (Å²) in [7, 11) is -3.69. The Morgan fingerprint density at radius 3 is 2.77 bits per heavy atom. The number of non-ortho nitro benzene ring substituents is 1. The van der Waals surface area contributed by atoms with Gasteiger partial charge in [-0.25, -0.2) is 13.1 Å². The Labute approximate surface area is 182 Å². The lowest BCUT2D eigenvalue weighted by Gasteiger charge is -2.30. The SMILES string of the molecule is O=C(O)CCC/C=C/CC1C2CCC(C2)C1NS(=O)(=O)/C=C/c1cccc([N+](=O)[O-])c1. The van der Waals surface area contributed by atoms with Crippen LogP contribution in [-0.2, 0) is 14.8 Å². The van der Waals surface area contributed by atoms with Crippen LogP contribution in [0.15, 0.2) is 41.8 Å². The van der Waals surface area contributed by atoms with Crippen LogP contribution in [0.5, 0.6) is 0 Å². The number of unbranched alkanes of at least 4 members (excludes halogenated alkanes) is 1. The van der Waals surface area contributed by atoms with Crippen LogP contribution in [0.2, 0.25) is 0 Å². The van der Waals surface area contributed by atoms with Gasteiger partial charge >= 0.3 is 5.97 Å². The highest BCUT2D eigenvalue weighted by Gasteiger charge is 2.47. The number of hydrogen-bond donors (Lipinski definition) is 2. The number of benzene rings is 1. The molecule has 168 valence electrons. The first-order valence-electron chi connectivity index (χ1n) is 10.6. The summed E-state index contributed by atoms with van der Waals surface area (Å²) in [6.45, 7) is 0. The number of hydrogen-bond acceptors (Lipinski definition) is 5. The molecule has 2 N–H and O–H groups in total. The predicted octanol–water partition coefficient (Wildman–Crippen LogP) is 4.10. The van der Waals surface area contributed by atoms with Gasteiger partial charge in [0.05, 0.1) is 4.92 Å². The minimum Gasteiger partial charge on any atom is -0.481 e. The van der Waals surface area contributed by atoms with E-state index in [1.54, 1.807) is 6.07 Å². The molecule has 2 aliphatic rings. The average Bonchev–Trinajstić information content (AvgIpc) is 3.31. The second kappa shape index (κ2) is 10.2. The molecule has 31 heavy (non-hydrogen) atoms. The fraction of sp³-hybridized carbons (Fsp3) is 0.500. The van der Waals surface area contributed by atoms with Crippen molar-refractivity contribution in [2.75, 3.05) is 0 Å². The number of sulfonamides is 1. The van der Waals surface area contributed by atoms with Crippen molar-refractivity contribution in [1.82, 2.24) is 4.72 Å². The molecule has 0 spiro atoms. The number of aliphatic carboxylic acids is 1. The first-order chi connectivity index (χ1) is 14.7. The van der Waals surface area contributed by atoms with Gasteiger partial charge in [-0.15, -0.1) is 0 Å². The van der Waals surface area contributed by atoms with Crippen molar-refractivity contribution in [2.24, 2.45) is 17.8 Å². The van der Waals surface area contributed by atoms with Crippen molar-refractivity contribution in [2.45, 2.75) is 51.0 Å². The Balaban J connectivity index is 1.61. The van der Waals surface area contributed by atoms with E-state index in [0.29, 0.717) is 30.2 Å². The van der Waals surface area contributed by atoms with Gasteiger partial charge in [0.2, 0.25) is 10.0 Å². The molecule has 4 unspecified atom stereocenters. The predicted molar refractivity (Wildman–Crippen MR) is 118 cm³/mol. The maximum atomic E-state index is 12.7. The minimum atomic E-state index is -3.69. The topological polar surface area (TPSA) is 127 Å². The number of allylic oxidation sites excluding steroid dienone is 2. The zero-order chi connectivity index (χ0) is 22.4. The van der Waals surface area contributed by atoms with Crippen LogP contribution in [0, 0.1) is 27.9 Å². The first-order valence-corrected chi connectivity index (χ1v) is 12.1. The summed E-state index contributed by atoms with van der Waals surface area (Å²) in [6, 6.07) is 5.71. The van der Waals surface area contributed by atoms with Crippen LogP contribution in [0.3, 0.4) is 0 Å². The number of nitro benzene ring substituents is 1. The van der Waals surface area contributed by atoms with Gasteiger partial charge in [0.1, 0.15) is 0 Å². The largest absolute Gasteiger partial charge is 0.481 e. The number of carbonyl (C=O) groups is 1. The van der Waals surface area contributed by atoms with E-state index in [-0.39, 0.29) is 24.1 Å². The van der Waals surface area contributed by atoms with Gasteiger partial charge in [0, 0.05) is 30.0 Å². The van der Waals surface area contributed by atoms with E-state index in [1.165, 1.54) is 24.3 Å². The third-order valence-electron chi connectivity index (χ3n) is 6.25. The van der Waals surface area contributed by atoms with Gasteiger partial charge in [0.15, 0.2) is 0 Å². The lowest BCUT2D eigenvalue weighted by molar-refractivity contribution is -0.384. The quantitative estimate of drug-likeness (QED) is 0.227. The average molecular weight is 449 g/mol. The molecule has 2 saturated carbocycles. The van der Waals surface area contributed by atoms with Gasteiger partial charge in [-0.3, -0.25) is 14.9 Å². The molecule has 0 heterocycles. The molecular weight excluding hydrogens is 420 g/mol. The summed E-state index contributed by atoms with van der Waals surface area (Å²) in [5.74, 6) is 0.267. The zero-order valence-electron chi connectivity index (χ0n) is 17.2. The standard InChI is InChI=1S/C22H28N2O6S/c25-21(26)9-4-2-1-3-8-20-17-10-11-18(15-17)22(20)23-31(29,30)13-12-16-6-5-7-19(14-16)24(27)28/h1,3,5-7,12-14,17-18,20,22-23H,2,4,8-11,15H2,(H,25,26)/b3-1+,13-12+. The van der Waals surface area contributed by atoms with E-state index in [1.807, 2.05) is 12.2 Å². The molecule has 0 saturated heterocycles. The van der Waals surface area contributed by atoms with Crippen LogP contribution < -0.4 is 4.72 Å². The van der Waals surface area contributed by atoms with Crippen LogP contribution in [0.4, 0.5) is 5.69 Å². The molecule has 3 rings (SSSR count). The molecule has 8 nitrogen and oxygen atoms in total. The van der Waals surface area contributed by atoms with Crippen molar-refractivity contribution in [3.8, 4) is 0 Å². The summed E-state index contributed by atoms with van der Waals surface area (Å²) in [5, 5.41) is 20.7. The number of nitrogens with zero attached hydrogens (tertiary/aromatic N) is 1. The van der Waals surface area contributed by atoms with Crippen molar-refractivity contribution < 1.29 is 23.2 Å². The van der Waals surface area contributed by atoms with Gasteiger partial charge < -0.3 is 5.11 Å². The molecule has 0 radical (unpaired) electrons. The van der Waals surface area contributed by atoms with E-state index in [9.17, 15) is 23.3 Å². The molecule has 9 heteroatoms. The minimum absolute atomic E-state index is 0.0872. The molecule has 2 aliphatic carbocycles. The molecule has 2 fully saturated rings. The van der Waals surface area contributed by atoms with Gasteiger partial charge in [-0.05, 0) is 67.9 Å². The van der Waals surface area contributed by atoms with Gasteiger partial charge in [-0.2, -0.15) is 0 Å². The highest BCUT2D eigenvalue weighted by Crippen LogP contribution is 2.50. The van der Waals surface area contributed by atoms with E-state index in [4.69, 9.17) is 5.11 Å². The van der Waals surface area contributed by atoms with E-state index >= 15 is 0 Å². The molecule has 1 aromatic rings. The first kappa shape index (κ1) is 23.1. The second-order valence-corrected chi connectivity index (χ2v) is 9.93.